The number of hydrogen-bond acceptors (Lipinski definition) is 4. The molecule has 0 saturated carbocycles. The van der Waals surface area contributed by atoms with Crippen molar-refractivity contribution in [3.05, 3.63) is 89.6 Å². The van der Waals surface area contributed by atoms with Gasteiger partial charge in [-0.2, -0.15) is 0 Å². The summed E-state index contributed by atoms with van der Waals surface area (Å²) in [5.41, 5.74) is 4.29. The van der Waals surface area contributed by atoms with Crippen LogP contribution in [0.2, 0.25) is 0 Å². The number of hydrogen-bond donors (Lipinski definition) is 2. The van der Waals surface area contributed by atoms with Crippen LogP contribution in [0.4, 0.5) is 0 Å². The van der Waals surface area contributed by atoms with Crippen molar-refractivity contribution in [3.63, 3.8) is 0 Å². The van der Waals surface area contributed by atoms with Crippen LogP contribution in [0.25, 0.3) is 11.3 Å². The van der Waals surface area contributed by atoms with Crippen LogP contribution in [0.5, 0.6) is 0 Å². The van der Waals surface area contributed by atoms with Gasteiger partial charge in [0.1, 0.15) is 18.1 Å². The van der Waals surface area contributed by atoms with Crippen molar-refractivity contribution in [1.82, 2.24) is 20.5 Å². The monoisotopic (exact) mass is 552 g/mol. The lowest BCUT2D eigenvalue weighted by molar-refractivity contribution is -0.158. The summed E-state index contributed by atoms with van der Waals surface area (Å²) >= 11 is 0. The average Bonchev–Trinajstić information content (AvgIpc) is 3.36. The van der Waals surface area contributed by atoms with Crippen molar-refractivity contribution < 1.29 is 14.4 Å². The summed E-state index contributed by atoms with van der Waals surface area (Å²) < 4.78 is 0. The van der Waals surface area contributed by atoms with Crippen molar-refractivity contribution in [2.24, 2.45) is 11.8 Å². The van der Waals surface area contributed by atoms with Crippen LogP contribution in [-0.2, 0) is 27.2 Å². The first kappa shape index (κ1) is 28.5. The van der Waals surface area contributed by atoms with E-state index < -0.39 is 23.7 Å². The number of rotatable bonds is 7. The van der Waals surface area contributed by atoms with E-state index in [4.69, 9.17) is 0 Å². The van der Waals surface area contributed by atoms with Crippen LogP contribution in [0.3, 0.4) is 0 Å². The lowest BCUT2D eigenvalue weighted by Crippen LogP contribution is -2.67. The zero-order chi connectivity index (χ0) is 29.3. The zero-order valence-electron chi connectivity index (χ0n) is 24.6. The molecule has 2 aromatic carbocycles. The molecule has 1 fully saturated rings. The number of fused-ring (bicyclic) bond motifs is 1. The number of carbonyl (C=O) groups is 3. The van der Waals surface area contributed by atoms with Crippen molar-refractivity contribution in [2.45, 2.75) is 77.5 Å². The molecule has 2 aliphatic rings. The number of amides is 3. The molecule has 0 bridgehead atoms. The van der Waals surface area contributed by atoms with Gasteiger partial charge in [-0.25, -0.2) is 0 Å². The van der Waals surface area contributed by atoms with Crippen molar-refractivity contribution in [1.29, 1.82) is 0 Å². The lowest BCUT2D eigenvalue weighted by atomic mass is 9.87. The summed E-state index contributed by atoms with van der Waals surface area (Å²) in [6.45, 7) is 9.81. The minimum absolute atomic E-state index is 0.0655. The highest BCUT2D eigenvalue weighted by atomic mass is 16.2. The second-order valence-corrected chi connectivity index (χ2v) is 12.8. The maximum atomic E-state index is 14.5. The summed E-state index contributed by atoms with van der Waals surface area (Å²) in [6.07, 6.45) is 3.63. The van der Waals surface area contributed by atoms with Crippen LogP contribution in [0, 0.1) is 11.8 Å². The van der Waals surface area contributed by atoms with E-state index in [2.05, 4.69) is 27.8 Å². The van der Waals surface area contributed by atoms with E-state index in [1.807, 2.05) is 89.2 Å². The molecule has 1 saturated heterocycles. The Balaban J connectivity index is 1.55. The molecule has 1 aromatic heterocycles. The minimum Gasteiger partial charge on any atom is -0.349 e. The third-order valence-corrected chi connectivity index (χ3v) is 7.92. The van der Waals surface area contributed by atoms with E-state index in [9.17, 15) is 14.4 Å². The highest BCUT2D eigenvalue weighted by Crippen LogP contribution is 2.36. The third-order valence-electron chi connectivity index (χ3n) is 7.92. The Labute approximate surface area is 242 Å². The van der Waals surface area contributed by atoms with Gasteiger partial charge in [-0.05, 0) is 80.7 Å². The predicted octanol–water partition coefficient (Wildman–Crippen LogP) is 4.86. The molecule has 2 heterocycles. The molecule has 0 radical (unpaired) electrons. The predicted molar refractivity (Wildman–Crippen MR) is 160 cm³/mol. The number of piperazine rings is 1. The van der Waals surface area contributed by atoms with Crippen LogP contribution in [0.1, 0.15) is 63.8 Å². The first-order chi connectivity index (χ1) is 19.5. The molecule has 1 aliphatic carbocycles. The van der Waals surface area contributed by atoms with Gasteiger partial charge < -0.3 is 15.5 Å². The van der Waals surface area contributed by atoms with Gasteiger partial charge in [-0.15, -0.1) is 0 Å². The molecular weight excluding hydrogens is 512 g/mol. The van der Waals surface area contributed by atoms with E-state index in [1.54, 1.807) is 11.1 Å². The van der Waals surface area contributed by atoms with Gasteiger partial charge in [0.25, 0.3) is 0 Å². The van der Waals surface area contributed by atoms with E-state index in [0.29, 0.717) is 24.8 Å². The molecule has 2 N–H and O–H groups in total. The highest BCUT2D eigenvalue weighted by Gasteiger charge is 2.49. The zero-order valence-corrected chi connectivity index (χ0v) is 24.6. The SMILES string of the molecule is CC(C)C[C@@H]1C(=O)NC(C2Cc3ccccc3C2)C(=O)N1[C@@H](C(=O)NC(C)(C)C)c1ccc(-c2ccccn2)cc1. The molecule has 3 aromatic rings. The van der Waals surface area contributed by atoms with Crippen LogP contribution >= 0.6 is 0 Å². The van der Waals surface area contributed by atoms with Crippen LogP contribution in [-0.4, -0.2) is 45.2 Å². The van der Waals surface area contributed by atoms with E-state index in [0.717, 1.165) is 11.3 Å². The van der Waals surface area contributed by atoms with Gasteiger partial charge >= 0.3 is 0 Å². The largest absolute Gasteiger partial charge is 0.349 e. The Morgan fingerprint density at radius 2 is 1.61 bits per heavy atom. The first-order valence-corrected chi connectivity index (χ1v) is 14.5. The van der Waals surface area contributed by atoms with Crippen molar-refractivity contribution in [3.8, 4) is 11.3 Å². The molecule has 5 rings (SSSR count). The molecule has 41 heavy (non-hydrogen) atoms. The molecule has 1 unspecified atom stereocenters. The number of nitrogens with one attached hydrogen (secondary N) is 2. The fraction of sp³-hybridized carbons (Fsp3) is 0.412. The molecule has 3 atom stereocenters. The summed E-state index contributed by atoms with van der Waals surface area (Å²) in [6, 6.07) is 19.1. The van der Waals surface area contributed by atoms with E-state index in [1.165, 1.54) is 11.1 Å². The maximum absolute atomic E-state index is 14.5. The van der Waals surface area contributed by atoms with Gasteiger partial charge in [-0.1, -0.05) is 68.4 Å². The Morgan fingerprint density at radius 1 is 0.976 bits per heavy atom. The molecule has 7 nitrogen and oxygen atoms in total. The summed E-state index contributed by atoms with van der Waals surface area (Å²) in [4.78, 5) is 48.3. The Bertz CT molecular complexity index is 1390. The standard InChI is InChI=1S/C34H40N4O3/c1-21(2)18-28-31(39)36-29(26-19-24-10-6-7-11-25(24)20-26)33(41)38(28)30(32(40)37-34(3,4)5)23-15-13-22(14-16-23)27-12-8-9-17-35-27/h6-17,21,26,28-30H,18-20H2,1-5H3,(H,36,39)(H,37,40)/t28-,29?,30-/m1/s1. The van der Waals surface area contributed by atoms with Crippen LogP contribution in [0.15, 0.2) is 72.9 Å². The van der Waals surface area contributed by atoms with Gasteiger partial charge in [0.15, 0.2) is 0 Å². The van der Waals surface area contributed by atoms with Gasteiger partial charge in [0, 0.05) is 17.3 Å². The van der Waals surface area contributed by atoms with E-state index in [-0.39, 0.29) is 29.6 Å². The summed E-state index contributed by atoms with van der Waals surface area (Å²) in [5, 5.41) is 6.17. The number of nitrogens with zero attached hydrogens (tertiary/aromatic N) is 2. The van der Waals surface area contributed by atoms with Gasteiger partial charge in [0.2, 0.25) is 17.7 Å². The second-order valence-electron chi connectivity index (χ2n) is 12.8. The third kappa shape index (κ3) is 6.19. The fourth-order valence-corrected chi connectivity index (χ4v) is 6.12. The Hall–Kier alpha value is -4.00. The van der Waals surface area contributed by atoms with E-state index >= 15 is 0 Å². The summed E-state index contributed by atoms with van der Waals surface area (Å²) in [5.74, 6) is -0.613. The topological polar surface area (TPSA) is 91.4 Å². The molecule has 3 amide bonds. The number of benzene rings is 2. The highest BCUT2D eigenvalue weighted by molar-refractivity contribution is 6.00. The van der Waals surface area contributed by atoms with Gasteiger partial charge in [0.05, 0.1) is 5.69 Å². The number of carbonyl (C=O) groups excluding carboxylic acids is 3. The lowest BCUT2D eigenvalue weighted by Gasteiger charge is -2.45. The second kappa shape index (κ2) is 11.5. The quantitative estimate of drug-likeness (QED) is 0.438. The number of pyridine rings is 1. The molecule has 214 valence electrons. The average molecular weight is 553 g/mol. The molecule has 1 aliphatic heterocycles. The first-order valence-electron chi connectivity index (χ1n) is 14.5. The molecular formula is C34H40N4O3. The van der Waals surface area contributed by atoms with Crippen LogP contribution < -0.4 is 10.6 Å². The van der Waals surface area contributed by atoms with Gasteiger partial charge in [-0.3, -0.25) is 19.4 Å². The summed E-state index contributed by atoms with van der Waals surface area (Å²) in [7, 11) is 0. The normalized spacial score (nSPS) is 20.1. The van der Waals surface area contributed by atoms with Crippen molar-refractivity contribution in [2.75, 3.05) is 0 Å². The number of aromatic nitrogens is 1. The maximum Gasteiger partial charge on any atom is 0.247 e. The molecule has 0 spiro atoms. The Kier molecular flexibility index (Phi) is 7.98. The Morgan fingerprint density at radius 3 is 2.17 bits per heavy atom. The molecule has 7 heteroatoms. The fourth-order valence-electron chi connectivity index (χ4n) is 6.12. The van der Waals surface area contributed by atoms with Crippen molar-refractivity contribution >= 4 is 17.7 Å². The smallest absolute Gasteiger partial charge is 0.247 e. The minimum atomic E-state index is -0.958.